The number of aryl methyl sites for hydroxylation is 2. The molecule has 0 saturated heterocycles. The molecule has 1 fully saturated rings. The lowest BCUT2D eigenvalue weighted by Gasteiger charge is -2.23. The van der Waals surface area contributed by atoms with E-state index < -0.39 is 0 Å². The molecule has 1 aromatic rings. The third-order valence-electron chi connectivity index (χ3n) is 4.17. The molecule has 2 rings (SSSR count). The van der Waals surface area contributed by atoms with Crippen molar-refractivity contribution >= 4 is 11.6 Å². The summed E-state index contributed by atoms with van der Waals surface area (Å²) in [6.45, 7) is 7.30. The SMILES string of the molecule is CCc1nn(CC)c(CC(NN)C2(C)CC2)c1Cl. The Bertz CT molecular complexity index is 423. The number of nitrogens with two attached hydrogens (primary N) is 1. The van der Waals surface area contributed by atoms with Gasteiger partial charge in [0.05, 0.1) is 16.4 Å². The van der Waals surface area contributed by atoms with Gasteiger partial charge in [0.25, 0.3) is 0 Å². The van der Waals surface area contributed by atoms with Crippen LogP contribution in [0.3, 0.4) is 0 Å². The Morgan fingerprint density at radius 3 is 2.61 bits per heavy atom. The first-order valence-electron chi connectivity index (χ1n) is 6.76. The van der Waals surface area contributed by atoms with E-state index in [1.165, 1.54) is 12.8 Å². The monoisotopic (exact) mass is 270 g/mol. The number of halogens is 1. The lowest BCUT2D eigenvalue weighted by molar-refractivity contribution is 0.351. The van der Waals surface area contributed by atoms with Crippen molar-refractivity contribution in [1.29, 1.82) is 0 Å². The molecule has 4 nitrogen and oxygen atoms in total. The molecule has 1 aliphatic carbocycles. The molecule has 102 valence electrons. The fourth-order valence-electron chi connectivity index (χ4n) is 2.46. The van der Waals surface area contributed by atoms with Gasteiger partial charge in [-0.2, -0.15) is 5.10 Å². The first-order chi connectivity index (χ1) is 8.55. The van der Waals surface area contributed by atoms with E-state index in [1.807, 2.05) is 4.68 Å². The predicted molar refractivity (Wildman–Crippen MR) is 74.4 cm³/mol. The molecule has 0 amide bonds. The molecule has 0 aromatic carbocycles. The molecule has 0 bridgehead atoms. The van der Waals surface area contributed by atoms with E-state index in [2.05, 4.69) is 31.3 Å². The average Bonchev–Trinajstić information content (AvgIpc) is 3.03. The number of hydrogen-bond donors (Lipinski definition) is 2. The van der Waals surface area contributed by atoms with E-state index in [1.54, 1.807) is 0 Å². The molecule has 1 unspecified atom stereocenters. The first-order valence-corrected chi connectivity index (χ1v) is 7.13. The van der Waals surface area contributed by atoms with Crippen LogP contribution in [0.25, 0.3) is 0 Å². The second-order valence-electron chi connectivity index (χ2n) is 5.45. The Morgan fingerprint density at radius 1 is 1.50 bits per heavy atom. The molecule has 3 N–H and O–H groups in total. The lowest BCUT2D eigenvalue weighted by Crippen LogP contribution is -2.43. The van der Waals surface area contributed by atoms with Crippen molar-refractivity contribution in [1.82, 2.24) is 15.2 Å². The van der Waals surface area contributed by atoms with Gasteiger partial charge in [0, 0.05) is 19.0 Å². The van der Waals surface area contributed by atoms with Crippen LogP contribution >= 0.6 is 11.6 Å². The van der Waals surface area contributed by atoms with E-state index in [0.29, 0.717) is 5.41 Å². The minimum Gasteiger partial charge on any atom is -0.271 e. The van der Waals surface area contributed by atoms with Gasteiger partial charge < -0.3 is 0 Å². The van der Waals surface area contributed by atoms with E-state index in [-0.39, 0.29) is 6.04 Å². The third kappa shape index (κ3) is 2.42. The fourth-order valence-corrected chi connectivity index (χ4v) is 2.80. The molecule has 1 saturated carbocycles. The Hall–Kier alpha value is -0.580. The van der Waals surface area contributed by atoms with Gasteiger partial charge in [-0.3, -0.25) is 16.0 Å². The quantitative estimate of drug-likeness (QED) is 0.616. The van der Waals surface area contributed by atoms with E-state index in [9.17, 15) is 0 Å². The van der Waals surface area contributed by atoms with Crippen LogP contribution in [0.1, 0.15) is 45.0 Å². The van der Waals surface area contributed by atoms with Crippen molar-refractivity contribution in [3.05, 3.63) is 16.4 Å². The zero-order valence-corrected chi connectivity index (χ0v) is 12.2. The number of nitrogens with zero attached hydrogens (tertiary/aromatic N) is 2. The van der Waals surface area contributed by atoms with Gasteiger partial charge in [-0.25, -0.2) is 0 Å². The van der Waals surface area contributed by atoms with Crippen molar-refractivity contribution in [2.24, 2.45) is 11.3 Å². The summed E-state index contributed by atoms with van der Waals surface area (Å²) in [6, 6.07) is 0.279. The Kier molecular flexibility index (Phi) is 3.99. The highest BCUT2D eigenvalue weighted by molar-refractivity contribution is 6.31. The summed E-state index contributed by atoms with van der Waals surface area (Å²) < 4.78 is 2.01. The maximum atomic E-state index is 6.43. The van der Waals surface area contributed by atoms with Crippen LogP contribution < -0.4 is 11.3 Å². The maximum absolute atomic E-state index is 6.43. The Balaban J connectivity index is 2.24. The fraction of sp³-hybridized carbons (Fsp3) is 0.769. The minimum absolute atomic E-state index is 0.279. The van der Waals surface area contributed by atoms with E-state index in [4.69, 9.17) is 17.4 Å². The highest BCUT2D eigenvalue weighted by Crippen LogP contribution is 2.49. The predicted octanol–water partition coefficient (Wildman–Crippen LogP) is 2.29. The molecular formula is C13H23ClN4. The number of hydrogen-bond acceptors (Lipinski definition) is 3. The molecule has 5 heteroatoms. The van der Waals surface area contributed by atoms with Crippen LogP contribution in [0.4, 0.5) is 0 Å². The van der Waals surface area contributed by atoms with Crippen LogP contribution in [-0.4, -0.2) is 15.8 Å². The van der Waals surface area contributed by atoms with Gasteiger partial charge in [-0.05, 0) is 31.6 Å². The number of hydrazine groups is 1. The smallest absolute Gasteiger partial charge is 0.0850 e. The van der Waals surface area contributed by atoms with Crippen LogP contribution in [0.2, 0.25) is 5.02 Å². The number of nitrogens with one attached hydrogen (secondary N) is 1. The van der Waals surface area contributed by atoms with Gasteiger partial charge in [-0.15, -0.1) is 0 Å². The molecule has 18 heavy (non-hydrogen) atoms. The molecule has 1 heterocycles. The van der Waals surface area contributed by atoms with Crippen molar-refractivity contribution in [3.63, 3.8) is 0 Å². The summed E-state index contributed by atoms with van der Waals surface area (Å²) in [5.74, 6) is 5.70. The second kappa shape index (κ2) is 5.19. The van der Waals surface area contributed by atoms with Gasteiger partial charge in [0.1, 0.15) is 0 Å². The number of aromatic nitrogens is 2. The standard InChI is InChI=1S/C13H23ClN4/c1-4-9-12(14)10(18(5-2)17-9)8-11(16-15)13(3)6-7-13/h11,16H,4-8,15H2,1-3H3. The molecular weight excluding hydrogens is 248 g/mol. The third-order valence-corrected chi connectivity index (χ3v) is 4.61. The number of rotatable bonds is 6. The van der Waals surface area contributed by atoms with Gasteiger partial charge in [0.2, 0.25) is 0 Å². The normalized spacial score (nSPS) is 18.9. The Morgan fingerprint density at radius 2 is 2.17 bits per heavy atom. The molecule has 0 aliphatic heterocycles. The molecule has 0 radical (unpaired) electrons. The highest BCUT2D eigenvalue weighted by Gasteiger charge is 2.44. The van der Waals surface area contributed by atoms with Gasteiger partial charge in [-0.1, -0.05) is 25.4 Å². The zero-order valence-electron chi connectivity index (χ0n) is 11.5. The molecule has 1 atom stereocenters. The van der Waals surface area contributed by atoms with E-state index >= 15 is 0 Å². The van der Waals surface area contributed by atoms with E-state index in [0.717, 1.165) is 35.8 Å². The summed E-state index contributed by atoms with van der Waals surface area (Å²) in [6.07, 6.45) is 4.20. The summed E-state index contributed by atoms with van der Waals surface area (Å²) >= 11 is 6.43. The zero-order chi connectivity index (χ0) is 13.3. The van der Waals surface area contributed by atoms with Crippen LogP contribution in [0, 0.1) is 5.41 Å². The van der Waals surface area contributed by atoms with Crippen molar-refractivity contribution in [3.8, 4) is 0 Å². The van der Waals surface area contributed by atoms with Crippen molar-refractivity contribution in [2.45, 2.75) is 59.0 Å². The van der Waals surface area contributed by atoms with Crippen LogP contribution in [0.5, 0.6) is 0 Å². The molecule has 1 aliphatic rings. The average molecular weight is 271 g/mol. The summed E-state index contributed by atoms with van der Waals surface area (Å²) in [4.78, 5) is 0. The molecule has 1 aromatic heterocycles. The maximum Gasteiger partial charge on any atom is 0.0850 e. The summed E-state index contributed by atoms with van der Waals surface area (Å²) in [5, 5.41) is 5.38. The van der Waals surface area contributed by atoms with Crippen molar-refractivity contribution < 1.29 is 0 Å². The summed E-state index contributed by atoms with van der Waals surface area (Å²) in [7, 11) is 0. The van der Waals surface area contributed by atoms with Crippen LogP contribution in [-0.2, 0) is 19.4 Å². The topological polar surface area (TPSA) is 55.9 Å². The van der Waals surface area contributed by atoms with Gasteiger partial charge in [0.15, 0.2) is 0 Å². The minimum atomic E-state index is 0.279. The van der Waals surface area contributed by atoms with Gasteiger partial charge >= 0.3 is 0 Å². The summed E-state index contributed by atoms with van der Waals surface area (Å²) in [5.41, 5.74) is 5.39. The van der Waals surface area contributed by atoms with Crippen LogP contribution in [0.15, 0.2) is 0 Å². The first kappa shape index (κ1) is 13.8. The highest BCUT2D eigenvalue weighted by atomic mass is 35.5. The second-order valence-corrected chi connectivity index (χ2v) is 5.83. The molecule has 0 spiro atoms. The largest absolute Gasteiger partial charge is 0.271 e. The Labute approximate surface area is 114 Å². The lowest BCUT2D eigenvalue weighted by atomic mass is 9.95. The van der Waals surface area contributed by atoms with Crippen molar-refractivity contribution in [2.75, 3.05) is 0 Å².